The SMILES string of the molecule is NC(=O)c1cc(OCC2CCN(c3cnc4ccccc4n3)CC2)ccn1. The number of aromatic nitrogens is 3. The highest BCUT2D eigenvalue weighted by Crippen LogP contribution is 2.24. The minimum absolute atomic E-state index is 0.220. The molecule has 2 aromatic heterocycles. The zero-order valence-electron chi connectivity index (χ0n) is 14.9. The van der Waals surface area contributed by atoms with Crippen molar-refractivity contribution < 1.29 is 9.53 Å². The van der Waals surface area contributed by atoms with E-state index in [1.807, 2.05) is 30.5 Å². The molecule has 27 heavy (non-hydrogen) atoms. The number of piperidine rings is 1. The maximum atomic E-state index is 11.2. The number of amides is 1. The first kappa shape index (κ1) is 17.2. The topological polar surface area (TPSA) is 94.2 Å². The Morgan fingerprint density at radius 1 is 1.15 bits per heavy atom. The van der Waals surface area contributed by atoms with Gasteiger partial charge in [0.1, 0.15) is 17.3 Å². The Hall–Kier alpha value is -3.22. The molecule has 0 aliphatic carbocycles. The fourth-order valence-electron chi connectivity index (χ4n) is 3.28. The highest BCUT2D eigenvalue weighted by atomic mass is 16.5. The van der Waals surface area contributed by atoms with Crippen molar-refractivity contribution in [3.8, 4) is 5.75 Å². The number of rotatable bonds is 5. The minimum atomic E-state index is -0.551. The molecule has 0 saturated carbocycles. The molecule has 1 amide bonds. The number of para-hydroxylation sites is 2. The summed E-state index contributed by atoms with van der Waals surface area (Å²) in [5.74, 6) is 1.46. The number of pyridine rings is 1. The molecule has 1 aliphatic heterocycles. The summed E-state index contributed by atoms with van der Waals surface area (Å²) in [5.41, 5.74) is 7.31. The fourth-order valence-corrected chi connectivity index (χ4v) is 3.28. The zero-order valence-corrected chi connectivity index (χ0v) is 14.9. The highest BCUT2D eigenvalue weighted by molar-refractivity contribution is 5.91. The van der Waals surface area contributed by atoms with E-state index in [2.05, 4.69) is 14.9 Å². The smallest absolute Gasteiger partial charge is 0.267 e. The van der Waals surface area contributed by atoms with Gasteiger partial charge in [0, 0.05) is 25.4 Å². The number of nitrogens with two attached hydrogens (primary N) is 1. The van der Waals surface area contributed by atoms with Gasteiger partial charge in [-0.2, -0.15) is 0 Å². The first-order valence-electron chi connectivity index (χ1n) is 9.04. The quantitative estimate of drug-likeness (QED) is 0.748. The van der Waals surface area contributed by atoms with E-state index in [4.69, 9.17) is 15.5 Å². The monoisotopic (exact) mass is 363 g/mol. The summed E-state index contributed by atoms with van der Waals surface area (Å²) in [6.07, 6.45) is 5.42. The fraction of sp³-hybridized carbons (Fsp3) is 0.300. The van der Waals surface area contributed by atoms with Gasteiger partial charge in [0.05, 0.1) is 23.8 Å². The molecule has 0 atom stereocenters. The Bertz CT molecular complexity index is 954. The molecule has 1 fully saturated rings. The van der Waals surface area contributed by atoms with Crippen molar-refractivity contribution in [3.63, 3.8) is 0 Å². The van der Waals surface area contributed by atoms with Gasteiger partial charge < -0.3 is 15.4 Å². The predicted molar refractivity (Wildman–Crippen MR) is 103 cm³/mol. The number of ether oxygens (including phenoxy) is 1. The average molecular weight is 363 g/mol. The van der Waals surface area contributed by atoms with Crippen molar-refractivity contribution in [3.05, 3.63) is 54.5 Å². The van der Waals surface area contributed by atoms with Gasteiger partial charge in [-0.05, 0) is 37.0 Å². The van der Waals surface area contributed by atoms with E-state index in [1.165, 1.54) is 6.20 Å². The number of hydrogen-bond donors (Lipinski definition) is 1. The summed E-state index contributed by atoms with van der Waals surface area (Å²) in [4.78, 5) is 26.6. The minimum Gasteiger partial charge on any atom is -0.493 e. The zero-order chi connectivity index (χ0) is 18.6. The third kappa shape index (κ3) is 3.97. The molecular weight excluding hydrogens is 342 g/mol. The Balaban J connectivity index is 1.33. The van der Waals surface area contributed by atoms with Crippen LogP contribution in [0.2, 0.25) is 0 Å². The van der Waals surface area contributed by atoms with E-state index in [0.717, 1.165) is 42.8 Å². The summed E-state index contributed by atoms with van der Waals surface area (Å²) in [6, 6.07) is 11.2. The normalized spacial score (nSPS) is 15.0. The summed E-state index contributed by atoms with van der Waals surface area (Å²) < 4.78 is 5.84. The van der Waals surface area contributed by atoms with Crippen LogP contribution in [0, 0.1) is 5.92 Å². The first-order chi connectivity index (χ1) is 13.2. The summed E-state index contributed by atoms with van der Waals surface area (Å²) in [6.45, 7) is 2.45. The largest absolute Gasteiger partial charge is 0.493 e. The van der Waals surface area contributed by atoms with Gasteiger partial charge in [0.15, 0.2) is 0 Å². The molecule has 138 valence electrons. The lowest BCUT2D eigenvalue weighted by Gasteiger charge is -2.32. The van der Waals surface area contributed by atoms with Crippen molar-refractivity contribution in [2.45, 2.75) is 12.8 Å². The van der Waals surface area contributed by atoms with Crippen LogP contribution in [0.25, 0.3) is 11.0 Å². The van der Waals surface area contributed by atoms with E-state index in [1.54, 1.807) is 12.1 Å². The van der Waals surface area contributed by atoms with Gasteiger partial charge in [-0.15, -0.1) is 0 Å². The van der Waals surface area contributed by atoms with Crippen LogP contribution in [0.3, 0.4) is 0 Å². The number of nitrogens with zero attached hydrogens (tertiary/aromatic N) is 4. The molecule has 7 nitrogen and oxygen atoms in total. The van der Waals surface area contributed by atoms with E-state index < -0.39 is 5.91 Å². The van der Waals surface area contributed by atoms with Crippen molar-refractivity contribution in [2.24, 2.45) is 11.7 Å². The Labute approximate surface area is 157 Å². The molecule has 0 unspecified atom stereocenters. The number of hydrogen-bond acceptors (Lipinski definition) is 6. The molecule has 3 aromatic rings. The average Bonchev–Trinajstić information content (AvgIpc) is 2.72. The maximum Gasteiger partial charge on any atom is 0.267 e. The number of anilines is 1. The molecule has 1 aliphatic rings. The molecule has 0 bridgehead atoms. The van der Waals surface area contributed by atoms with E-state index >= 15 is 0 Å². The van der Waals surface area contributed by atoms with Crippen molar-refractivity contribution in [1.29, 1.82) is 0 Å². The van der Waals surface area contributed by atoms with Crippen LogP contribution in [0.1, 0.15) is 23.3 Å². The van der Waals surface area contributed by atoms with Crippen molar-refractivity contribution in [1.82, 2.24) is 15.0 Å². The first-order valence-corrected chi connectivity index (χ1v) is 9.04. The van der Waals surface area contributed by atoms with Gasteiger partial charge in [0.2, 0.25) is 0 Å². The second kappa shape index (κ2) is 7.57. The Morgan fingerprint density at radius 2 is 1.93 bits per heavy atom. The van der Waals surface area contributed by atoms with Gasteiger partial charge in [0.25, 0.3) is 5.91 Å². The predicted octanol–water partition coefficient (Wildman–Crippen LogP) is 2.42. The molecule has 0 spiro atoms. The van der Waals surface area contributed by atoms with Crippen LogP contribution in [0.15, 0.2) is 48.8 Å². The maximum absolute atomic E-state index is 11.2. The standard InChI is InChI=1S/C20H21N5O2/c21-20(26)18-11-15(5-8-22-18)27-13-14-6-9-25(10-7-14)19-12-23-16-3-1-2-4-17(16)24-19/h1-5,8,11-12,14H,6-7,9-10,13H2,(H2,21,26). The number of carbonyl (C=O) groups excluding carboxylic acids is 1. The number of benzene rings is 1. The van der Waals surface area contributed by atoms with Crippen LogP contribution >= 0.6 is 0 Å². The number of primary amides is 1. The lowest BCUT2D eigenvalue weighted by molar-refractivity contribution is 0.0995. The lowest BCUT2D eigenvalue weighted by atomic mass is 9.98. The van der Waals surface area contributed by atoms with E-state index in [9.17, 15) is 4.79 Å². The van der Waals surface area contributed by atoms with E-state index in [0.29, 0.717) is 18.3 Å². The van der Waals surface area contributed by atoms with Gasteiger partial charge in [-0.3, -0.25) is 14.8 Å². The molecule has 4 rings (SSSR count). The van der Waals surface area contributed by atoms with Crippen molar-refractivity contribution in [2.75, 3.05) is 24.6 Å². The number of fused-ring (bicyclic) bond motifs is 1. The third-order valence-corrected chi connectivity index (χ3v) is 4.84. The summed E-state index contributed by atoms with van der Waals surface area (Å²) in [5, 5.41) is 0. The summed E-state index contributed by atoms with van der Waals surface area (Å²) >= 11 is 0. The molecule has 1 aromatic carbocycles. The molecule has 2 N–H and O–H groups in total. The molecule has 3 heterocycles. The van der Waals surface area contributed by atoms with Gasteiger partial charge >= 0.3 is 0 Å². The third-order valence-electron chi connectivity index (χ3n) is 4.84. The van der Waals surface area contributed by atoms with Gasteiger partial charge in [-0.25, -0.2) is 4.98 Å². The van der Waals surface area contributed by atoms with Gasteiger partial charge in [-0.1, -0.05) is 12.1 Å². The van der Waals surface area contributed by atoms with Crippen LogP contribution < -0.4 is 15.4 Å². The highest BCUT2D eigenvalue weighted by Gasteiger charge is 2.21. The molecule has 0 radical (unpaired) electrons. The molecular formula is C20H21N5O2. The second-order valence-corrected chi connectivity index (χ2v) is 6.70. The lowest BCUT2D eigenvalue weighted by Crippen LogP contribution is -2.36. The number of carbonyl (C=O) groups is 1. The molecule has 1 saturated heterocycles. The Morgan fingerprint density at radius 3 is 2.70 bits per heavy atom. The van der Waals surface area contributed by atoms with Crippen LogP contribution in [0.4, 0.5) is 5.82 Å². The van der Waals surface area contributed by atoms with Crippen LogP contribution in [-0.2, 0) is 0 Å². The van der Waals surface area contributed by atoms with E-state index in [-0.39, 0.29) is 5.69 Å². The van der Waals surface area contributed by atoms with Crippen LogP contribution in [-0.4, -0.2) is 40.6 Å². The summed E-state index contributed by atoms with van der Waals surface area (Å²) in [7, 11) is 0. The Kier molecular flexibility index (Phi) is 4.82. The van der Waals surface area contributed by atoms with Crippen molar-refractivity contribution >= 4 is 22.8 Å². The van der Waals surface area contributed by atoms with Crippen LogP contribution in [0.5, 0.6) is 5.75 Å². The molecule has 7 heteroatoms. The second-order valence-electron chi connectivity index (χ2n) is 6.70.